The maximum Gasteiger partial charge on any atom is 0.188 e. The second-order valence-electron chi connectivity index (χ2n) is 3.47. The molecule has 0 aromatic heterocycles. The van der Waals surface area contributed by atoms with Crippen LogP contribution < -0.4 is 0 Å². The number of hydrogen-bond donors (Lipinski definition) is 1. The molecule has 1 nitrogen and oxygen atoms in total. The molecule has 3 heteroatoms. The van der Waals surface area contributed by atoms with E-state index in [0.29, 0.717) is 0 Å². The minimum Gasteiger partial charge on any atom is -0.432 e. The van der Waals surface area contributed by atoms with E-state index in [1.807, 2.05) is 0 Å². The Hall–Kier alpha value is 0.891. The molecular weight excluding hydrogens is 200 g/mol. The fourth-order valence-electron chi connectivity index (χ4n) is 1.77. The molecule has 0 rings (SSSR count). The minimum absolute atomic E-state index is 0. The molecule has 0 aliphatic carbocycles. The van der Waals surface area contributed by atoms with Gasteiger partial charge in [0.15, 0.2) is 8.32 Å². The van der Waals surface area contributed by atoms with Crippen molar-refractivity contribution in [2.45, 2.75) is 58.2 Å². The summed E-state index contributed by atoms with van der Waals surface area (Å²) in [4.78, 5) is 10.2. The summed E-state index contributed by atoms with van der Waals surface area (Å²) in [6, 6.07) is 3.32. The van der Waals surface area contributed by atoms with E-state index in [9.17, 15) is 4.80 Å². The van der Waals surface area contributed by atoms with Crippen LogP contribution in [0, 0.1) is 0 Å². The van der Waals surface area contributed by atoms with Crippen molar-refractivity contribution in [2.75, 3.05) is 0 Å². The van der Waals surface area contributed by atoms with Gasteiger partial charge >= 0.3 is 0 Å². The van der Waals surface area contributed by atoms with Crippen molar-refractivity contribution >= 4 is 8.32 Å². The van der Waals surface area contributed by atoms with Gasteiger partial charge in [-0.3, -0.25) is 0 Å². The van der Waals surface area contributed by atoms with E-state index in [1.54, 1.807) is 0 Å². The van der Waals surface area contributed by atoms with Crippen molar-refractivity contribution < 1.29 is 26.5 Å². The molecule has 0 aliphatic rings. The van der Waals surface area contributed by atoms with Gasteiger partial charge in [0.1, 0.15) is 0 Å². The van der Waals surface area contributed by atoms with Crippen LogP contribution in [0.2, 0.25) is 18.1 Å². The molecule has 0 radical (unpaired) electrons. The van der Waals surface area contributed by atoms with Crippen LogP contribution in [0.15, 0.2) is 0 Å². The normalized spacial score (nSPS) is 11.0. The largest absolute Gasteiger partial charge is 0.432 e. The molecule has 0 aliphatic heterocycles. The van der Waals surface area contributed by atoms with E-state index < -0.39 is 8.32 Å². The Balaban J connectivity index is 0. The molecule has 0 aromatic carbocycles. The molecule has 0 heterocycles. The number of rotatable bonds is 6. The topological polar surface area (TPSA) is 20.2 Å². The fourth-order valence-corrected chi connectivity index (χ4v) is 5.31. The molecule has 0 amide bonds. The summed E-state index contributed by atoms with van der Waals surface area (Å²) in [7, 11) is -1.75. The maximum atomic E-state index is 10.2. The molecule has 0 saturated carbocycles. The average molecular weight is 222 g/mol. The summed E-state index contributed by atoms with van der Waals surface area (Å²) < 4.78 is 0. The van der Waals surface area contributed by atoms with Gasteiger partial charge in [-0.2, -0.15) is 0 Å². The van der Waals surface area contributed by atoms with E-state index in [0.717, 1.165) is 37.4 Å². The summed E-state index contributed by atoms with van der Waals surface area (Å²) in [6.45, 7) is 6.51. The van der Waals surface area contributed by atoms with Crippen LogP contribution in [0.3, 0.4) is 0 Å². The first kappa shape index (κ1) is 15.4. The molecular formula is C9H22OSiTi. The second kappa shape index (κ2) is 8.49. The predicted molar refractivity (Wildman–Crippen MR) is 53.3 cm³/mol. The first-order valence-corrected chi connectivity index (χ1v) is 7.47. The van der Waals surface area contributed by atoms with Crippen LogP contribution >= 0.6 is 0 Å². The molecule has 0 fully saturated rings. The molecule has 0 bridgehead atoms. The van der Waals surface area contributed by atoms with Crippen molar-refractivity contribution in [2.24, 2.45) is 0 Å². The Morgan fingerprint density at radius 1 is 0.833 bits per heavy atom. The Bertz CT molecular complexity index is 81.5. The predicted octanol–water partition coefficient (Wildman–Crippen LogP) is 3.15. The van der Waals surface area contributed by atoms with Crippen LogP contribution in [0.4, 0.5) is 0 Å². The summed E-state index contributed by atoms with van der Waals surface area (Å²) in [5.41, 5.74) is 0. The van der Waals surface area contributed by atoms with Crippen molar-refractivity contribution in [3.63, 3.8) is 0 Å². The molecule has 0 aromatic rings. The Labute approximate surface area is 93.0 Å². The summed E-state index contributed by atoms with van der Waals surface area (Å²) in [6.07, 6.45) is 3.47. The zero-order valence-corrected chi connectivity index (χ0v) is 11.3. The van der Waals surface area contributed by atoms with Gasteiger partial charge in [0.25, 0.3) is 0 Å². The molecule has 0 spiro atoms. The van der Waals surface area contributed by atoms with E-state index in [4.69, 9.17) is 0 Å². The van der Waals surface area contributed by atoms with Crippen LogP contribution in [0.5, 0.6) is 0 Å². The second-order valence-corrected chi connectivity index (χ2v) is 7.42. The maximum absolute atomic E-state index is 10.2. The Morgan fingerprint density at radius 3 is 1.25 bits per heavy atom. The van der Waals surface area contributed by atoms with Gasteiger partial charge in [0.05, 0.1) is 0 Å². The average Bonchev–Trinajstić information content (AvgIpc) is 1.88. The van der Waals surface area contributed by atoms with E-state index >= 15 is 0 Å². The third-order valence-corrected chi connectivity index (χ3v) is 6.44. The van der Waals surface area contributed by atoms with E-state index in [2.05, 4.69) is 20.8 Å². The van der Waals surface area contributed by atoms with Crippen LogP contribution in [-0.2, 0) is 21.7 Å². The van der Waals surface area contributed by atoms with Crippen molar-refractivity contribution in [3.8, 4) is 0 Å². The zero-order chi connectivity index (χ0) is 8.74. The molecule has 72 valence electrons. The van der Waals surface area contributed by atoms with E-state index in [-0.39, 0.29) is 21.7 Å². The van der Waals surface area contributed by atoms with Gasteiger partial charge in [-0.25, -0.2) is 0 Å². The van der Waals surface area contributed by atoms with E-state index in [1.165, 1.54) is 0 Å². The zero-order valence-electron chi connectivity index (χ0n) is 8.69. The quantitative estimate of drug-likeness (QED) is 0.684. The van der Waals surface area contributed by atoms with Crippen molar-refractivity contribution in [1.82, 2.24) is 0 Å². The summed E-state index contributed by atoms with van der Waals surface area (Å²) in [5.74, 6) is 0. The van der Waals surface area contributed by atoms with Gasteiger partial charge < -0.3 is 4.80 Å². The van der Waals surface area contributed by atoms with Crippen molar-refractivity contribution in [3.05, 3.63) is 0 Å². The van der Waals surface area contributed by atoms with Gasteiger partial charge in [-0.1, -0.05) is 40.0 Å². The smallest absolute Gasteiger partial charge is 0.188 e. The van der Waals surface area contributed by atoms with Crippen LogP contribution in [0.1, 0.15) is 40.0 Å². The summed E-state index contributed by atoms with van der Waals surface area (Å²) in [5, 5.41) is 0. The molecule has 0 saturated heterocycles. The van der Waals surface area contributed by atoms with Crippen LogP contribution in [-0.4, -0.2) is 13.1 Å². The SMILES string of the molecule is CCC[Si](O)(CCC)CCC.[Ti]. The molecule has 12 heavy (non-hydrogen) atoms. The van der Waals surface area contributed by atoms with Gasteiger partial charge in [0, 0.05) is 21.7 Å². The third kappa shape index (κ3) is 6.41. The Kier molecular flexibility index (Phi) is 10.9. The number of hydrogen-bond acceptors (Lipinski definition) is 1. The van der Waals surface area contributed by atoms with Gasteiger partial charge in [0.2, 0.25) is 0 Å². The van der Waals surface area contributed by atoms with Gasteiger partial charge in [-0.15, -0.1) is 0 Å². The third-order valence-electron chi connectivity index (χ3n) is 2.15. The molecule has 0 atom stereocenters. The Morgan fingerprint density at radius 2 is 1.08 bits per heavy atom. The standard InChI is InChI=1S/C9H22OSi.Ti/c1-4-7-11(10,8-5-2)9-6-3;/h10H,4-9H2,1-3H3;. The first-order valence-electron chi connectivity index (χ1n) is 4.91. The van der Waals surface area contributed by atoms with Gasteiger partial charge in [-0.05, 0) is 18.1 Å². The first-order chi connectivity index (χ1) is 5.18. The molecule has 0 unspecified atom stereocenters. The minimum atomic E-state index is -1.75. The molecule has 1 N–H and O–H groups in total. The fraction of sp³-hybridized carbons (Fsp3) is 1.00. The monoisotopic (exact) mass is 222 g/mol. The van der Waals surface area contributed by atoms with Crippen molar-refractivity contribution in [1.29, 1.82) is 0 Å². The van der Waals surface area contributed by atoms with Crippen LogP contribution in [0.25, 0.3) is 0 Å². The summed E-state index contributed by atoms with van der Waals surface area (Å²) >= 11 is 0.